The summed E-state index contributed by atoms with van der Waals surface area (Å²) >= 11 is 0. The lowest BCUT2D eigenvalue weighted by atomic mass is 10.0. The molecular formula is C15H28N4O. The maximum Gasteiger partial charge on any atom is 0.268 e. The van der Waals surface area contributed by atoms with Crippen molar-refractivity contribution >= 4 is 5.69 Å². The number of aromatic nitrogens is 2. The average molecular weight is 280 g/mol. The first-order chi connectivity index (χ1) is 9.53. The molecule has 1 aromatic heterocycles. The molecular weight excluding hydrogens is 252 g/mol. The first-order valence-electron chi connectivity index (χ1n) is 7.58. The van der Waals surface area contributed by atoms with Gasteiger partial charge in [-0.3, -0.25) is 4.79 Å². The highest BCUT2D eigenvalue weighted by Crippen LogP contribution is 2.09. The van der Waals surface area contributed by atoms with Crippen LogP contribution in [-0.4, -0.2) is 35.5 Å². The molecule has 0 aliphatic carbocycles. The van der Waals surface area contributed by atoms with Crippen LogP contribution in [-0.2, 0) is 6.54 Å². The molecule has 5 nitrogen and oxygen atoms in total. The Morgan fingerprint density at radius 1 is 1.30 bits per heavy atom. The van der Waals surface area contributed by atoms with E-state index in [1.54, 1.807) is 16.9 Å². The van der Waals surface area contributed by atoms with Crippen LogP contribution >= 0.6 is 0 Å². The minimum Gasteiger partial charge on any atom is -0.371 e. The van der Waals surface area contributed by atoms with Crippen molar-refractivity contribution in [3.05, 3.63) is 22.6 Å². The molecule has 20 heavy (non-hydrogen) atoms. The Labute approximate surface area is 122 Å². The Morgan fingerprint density at radius 3 is 2.40 bits per heavy atom. The van der Waals surface area contributed by atoms with Gasteiger partial charge >= 0.3 is 0 Å². The van der Waals surface area contributed by atoms with Crippen LogP contribution in [0.25, 0.3) is 0 Å². The molecule has 0 bridgehead atoms. The largest absolute Gasteiger partial charge is 0.371 e. The van der Waals surface area contributed by atoms with E-state index in [1.165, 1.54) is 0 Å². The predicted molar refractivity (Wildman–Crippen MR) is 84.4 cm³/mol. The Hall–Kier alpha value is -1.36. The Bertz CT molecular complexity index is 451. The molecule has 0 aromatic carbocycles. The molecule has 1 rings (SSSR count). The van der Waals surface area contributed by atoms with Gasteiger partial charge in [0.25, 0.3) is 5.56 Å². The number of hydrogen-bond donors (Lipinski definition) is 1. The zero-order valence-electron chi connectivity index (χ0n) is 13.4. The van der Waals surface area contributed by atoms with Crippen LogP contribution in [0.4, 0.5) is 5.69 Å². The third-order valence-corrected chi connectivity index (χ3v) is 3.62. The third kappa shape index (κ3) is 4.34. The second kappa shape index (κ2) is 8.04. The summed E-state index contributed by atoms with van der Waals surface area (Å²) in [4.78, 5) is 14.3. The number of rotatable bonds is 8. The highest BCUT2D eigenvalue weighted by Gasteiger charge is 2.14. The monoisotopic (exact) mass is 280 g/mol. The summed E-state index contributed by atoms with van der Waals surface area (Å²) < 4.78 is 1.56. The quantitative estimate of drug-likeness (QED) is 0.788. The van der Waals surface area contributed by atoms with Crippen LogP contribution in [0.5, 0.6) is 0 Å². The van der Waals surface area contributed by atoms with Crippen molar-refractivity contribution in [1.82, 2.24) is 15.1 Å². The van der Waals surface area contributed by atoms with E-state index in [0.717, 1.165) is 25.3 Å². The normalized spacial score (nSPS) is 12.7. The molecule has 1 N–H and O–H groups in total. The van der Waals surface area contributed by atoms with E-state index in [9.17, 15) is 4.79 Å². The van der Waals surface area contributed by atoms with Crippen LogP contribution in [0, 0.1) is 5.92 Å². The summed E-state index contributed by atoms with van der Waals surface area (Å²) in [5, 5.41) is 7.73. The summed E-state index contributed by atoms with van der Waals surface area (Å²) in [6.45, 7) is 13.8. The van der Waals surface area contributed by atoms with E-state index >= 15 is 0 Å². The minimum atomic E-state index is -0.0297. The lowest BCUT2D eigenvalue weighted by Gasteiger charge is -2.23. The van der Waals surface area contributed by atoms with Crippen LogP contribution < -0.4 is 15.8 Å². The van der Waals surface area contributed by atoms with Gasteiger partial charge in [-0.25, -0.2) is 4.68 Å². The van der Waals surface area contributed by atoms with Crippen LogP contribution in [0.2, 0.25) is 0 Å². The number of hydrogen-bond acceptors (Lipinski definition) is 4. The molecule has 0 fully saturated rings. The van der Waals surface area contributed by atoms with Crippen molar-refractivity contribution in [2.24, 2.45) is 5.92 Å². The van der Waals surface area contributed by atoms with Crippen molar-refractivity contribution in [2.45, 2.75) is 47.2 Å². The third-order valence-electron chi connectivity index (χ3n) is 3.62. The molecule has 0 aliphatic rings. The van der Waals surface area contributed by atoms with Crippen LogP contribution in [0.15, 0.2) is 17.1 Å². The van der Waals surface area contributed by atoms with Gasteiger partial charge in [-0.2, -0.15) is 5.10 Å². The Balaban J connectivity index is 2.90. The van der Waals surface area contributed by atoms with Crippen molar-refractivity contribution in [1.29, 1.82) is 0 Å². The number of nitrogens with one attached hydrogen (secondary N) is 1. The van der Waals surface area contributed by atoms with Gasteiger partial charge in [-0.05, 0) is 26.3 Å². The molecule has 1 aromatic rings. The zero-order valence-corrected chi connectivity index (χ0v) is 13.4. The van der Waals surface area contributed by atoms with Crippen LogP contribution in [0.1, 0.15) is 34.6 Å². The van der Waals surface area contributed by atoms with E-state index in [4.69, 9.17) is 0 Å². The molecule has 1 unspecified atom stereocenters. The predicted octanol–water partition coefficient (Wildman–Crippen LogP) is 1.72. The van der Waals surface area contributed by atoms with Gasteiger partial charge in [-0.1, -0.05) is 20.8 Å². The maximum atomic E-state index is 12.2. The van der Waals surface area contributed by atoms with E-state index in [2.05, 4.69) is 49.9 Å². The summed E-state index contributed by atoms with van der Waals surface area (Å²) in [5.41, 5.74) is 0.874. The van der Waals surface area contributed by atoms with E-state index in [1.807, 2.05) is 0 Å². The molecule has 0 radical (unpaired) electrons. The van der Waals surface area contributed by atoms with E-state index in [0.29, 0.717) is 12.5 Å². The second-order valence-corrected chi connectivity index (χ2v) is 5.31. The first kappa shape index (κ1) is 16.7. The lowest BCUT2D eigenvalue weighted by Crippen LogP contribution is -2.41. The summed E-state index contributed by atoms with van der Waals surface area (Å²) in [6, 6.07) is 1.95. The van der Waals surface area contributed by atoms with Gasteiger partial charge in [0.2, 0.25) is 0 Å². The minimum absolute atomic E-state index is 0.0297. The molecule has 5 heteroatoms. The Morgan fingerprint density at radius 2 is 1.95 bits per heavy atom. The van der Waals surface area contributed by atoms with Gasteiger partial charge in [0.1, 0.15) is 0 Å². The van der Waals surface area contributed by atoms with E-state index in [-0.39, 0.29) is 11.6 Å². The highest BCUT2D eigenvalue weighted by atomic mass is 16.1. The fourth-order valence-corrected chi connectivity index (χ4v) is 2.28. The molecule has 0 saturated carbocycles. The highest BCUT2D eigenvalue weighted by molar-refractivity contribution is 5.42. The summed E-state index contributed by atoms with van der Waals surface area (Å²) in [5.74, 6) is 0.464. The molecule has 114 valence electrons. The molecule has 0 amide bonds. The first-order valence-corrected chi connectivity index (χ1v) is 7.58. The number of likely N-dealkylation sites (N-methyl/N-ethyl adjacent to an activating group) is 1. The lowest BCUT2D eigenvalue weighted by molar-refractivity contribution is 0.342. The average Bonchev–Trinajstić information content (AvgIpc) is 2.42. The summed E-state index contributed by atoms with van der Waals surface area (Å²) in [7, 11) is 0. The maximum absolute atomic E-state index is 12.2. The van der Waals surface area contributed by atoms with Crippen molar-refractivity contribution in [3.8, 4) is 0 Å². The Kier molecular flexibility index (Phi) is 6.71. The summed E-state index contributed by atoms with van der Waals surface area (Å²) in [6.07, 6.45) is 1.79. The van der Waals surface area contributed by atoms with E-state index < -0.39 is 0 Å². The second-order valence-electron chi connectivity index (χ2n) is 5.31. The molecule has 1 atom stereocenters. The number of anilines is 1. The smallest absolute Gasteiger partial charge is 0.268 e. The molecule has 0 saturated heterocycles. The van der Waals surface area contributed by atoms with Gasteiger partial charge in [0.05, 0.1) is 18.4 Å². The molecule has 0 aliphatic heterocycles. The molecule has 1 heterocycles. The van der Waals surface area contributed by atoms with Crippen molar-refractivity contribution in [3.63, 3.8) is 0 Å². The van der Waals surface area contributed by atoms with Crippen molar-refractivity contribution in [2.75, 3.05) is 24.5 Å². The SMILES string of the molecule is CCNC(Cn1ncc(N(CC)CC)cc1=O)C(C)C. The van der Waals surface area contributed by atoms with Gasteiger partial charge in [0.15, 0.2) is 0 Å². The van der Waals surface area contributed by atoms with Gasteiger partial charge in [-0.15, -0.1) is 0 Å². The fourth-order valence-electron chi connectivity index (χ4n) is 2.28. The standard InChI is InChI=1S/C15H28N4O/c1-6-16-14(12(4)5)11-19-15(20)9-13(10-17-19)18(7-2)8-3/h9-10,12,14,16H,6-8,11H2,1-5H3. The van der Waals surface area contributed by atoms with Gasteiger partial charge in [0, 0.05) is 25.2 Å². The zero-order chi connectivity index (χ0) is 15.1. The van der Waals surface area contributed by atoms with Crippen molar-refractivity contribution < 1.29 is 0 Å². The van der Waals surface area contributed by atoms with Gasteiger partial charge < -0.3 is 10.2 Å². The molecule has 0 spiro atoms. The number of nitrogens with zero attached hydrogens (tertiary/aromatic N) is 3. The fraction of sp³-hybridized carbons (Fsp3) is 0.733. The van der Waals surface area contributed by atoms with Crippen LogP contribution in [0.3, 0.4) is 0 Å². The topological polar surface area (TPSA) is 50.2 Å².